The van der Waals surface area contributed by atoms with Crippen molar-refractivity contribution in [2.24, 2.45) is 0 Å². The Morgan fingerprint density at radius 3 is 3.19 bits per heavy atom. The van der Waals surface area contributed by atoms with Crippen LogP contribution in [0.1, 0.15) is 18.9 Å². The van der Waals surface area contributed by atoms with E-state index in [0.717, 1.165) is 11.5 Å². The Morgan fingerprint density at radius 1 is 1.56 bits per heavy atom. The van der Waals surface area contributed by atoms with Gasteiger partial charge in [0, 0.05) is 5.56 Å². The summed E-state index contributed by atoms with van der Waals surface area (Å²) in [6, 6.07) is 7.40. The second-order valence-corrected chi connectivity index (χ2v) is 3.67. The molecule has 1 aromatic heterocycles. The third-order valence-corrected chi connectivity index (χ3v) is 2.57. The number of benzene rings is 1. The molecule has 0 radical (unpaired) electrons. The lowest BCUT2D eigenvalue weighted by Crippen LogP contribution is -2.06. The van der Waals surface area contributed by atoms with Crippen molar-refractivity contribution in [3.63, 3.8) is 0 Å². The largest absolute Gasteiger partial charge is 0.460 e. The Hall–Kier alpha value is -1.75. The molecule has 0 saturated heterocycles. The predicted octanol–water partition coefficient (Wildman–Crippen LogP) is 2.38. The zero-order valence-corrected chi connectivity index (χ0v) is 9.45. The first-order valence-electron chi connectivity index (χ1n) is 5.29. The van der Waals surface area contributed by atoms with Crippen molar-refractivity contribution in [3.8, 4) is 10.6 Å². The summed E-state index contributed by atoms with van der Waals surface area (Å²) < 4.78 is 16.5. The van der Waals surface area contributed by atoms with Crippen molar-refractivity contribution in [1.82, 2.24) is 9.36 Å². The molecule has 2 rings (SSSR count). The zero-order valence-electron chi connectivity index (χ0n) is 9.64. The van der Waals surface area contributed by atoms with Crippen LogP contribution in [0.2, 0.25) is 0 Å². The van der Waals surface area contributed by atoms with Crippen LogP contribution in [-0.2, 0) is 4.74 Å². The van der Waals surface area contributed by atoms with Crippen molar-refractivity contribution < 1.29 is 10.9 Å². The molecule has 0 unspecified atom stereocenters. The summed E-state index contributed by atoms with van der Waals surface area (Å²) in [6.45, 7) is 2.02. The van der Waals surface area contributed by atoms with Gasteiger partial charge in [-0.2, -0.15) is 4.37 Å². The van der Waals surface area contributed by atoms with Crippen LogP contribution < -0.4 is 0 Å². The summed E-state index contributed by atoms with van der Waals surface area (Å²) in [4.78, 5) is 15.5. The maximum Gasteiger partial charge on any atom is 0.377 e. The van der Waals surface area contributed by atoms with Gasteiger partial charge in [0.05, 0.1) is 7.98 Å². The number of hydrogen-bond donors (Lipinski definition) is 0. The fourth-order valence-electron chi connectivity index (χ4n) is 1.14. The average molecular weight is 235 g/mol. The van der Waals surface area contributed by atoms with Gasteiger partial charge in [0.2, 0.25) is 0 Å². The fourth-order valence-corrected chi connectivity index (χ4v) is 1.78. The summed E-state index contributed by atoms with van der Waals surface area (Å²) in [5.74, 6) is -0.479. The Kier molecular flexibility index (Phi) is 2.87. The maximum atomic E-state index is 11.4. The zero-order chi connectivity index (χ0) is 12.3. The Labute approximate surface area is 98.5 Å². The summed E-state index contributed by atoms with van der Waals surface area (Å²) in [6.07, 6.45) is 0. The minimum Gasteiger partial charge on any atom is -0.460 e. The Morgan fingerprint density at radius 2 is 2.44 bits per heavy atom. The fraction of sp³-hybridized carbons (Fsp3) is 0.182. The molecule has 0 N–H and O–H groups in total. The SMILES string of the molecule is [2H]c1ccccc1-c1nc(C(=O)OCC)ns1. The summed E-state index contributed by atoms with van der Waals surface area (Å²) in [5, 5.41) is 0.554. The van der Waals surface area contributed by atoms with Crippen LogP contribution in [0.4, 0.5) is 0 Å². The van der Waals surface area contributed by atoms with E-state index < -0.39 is 5.97 Å². The molecule has 16 heavy (non-hydrogen) atoms. The van der Waals surface area contributed by atoms with E-state index in [2.05, 4.69) is 9.36 Å². The van der Waals surface area contributed by atoms with Crippen LogP contribution in [0.3, 0.4) is 0 Å². The molecule has 82 valence electrons. The minimum absolute atomic E-state index is 0.0510. The highest BCUT2D eigenvalue weighted by Gasteiger charge is 2.14. The quantitative estimate of drug-likeness (QED) is 0.766. The molecule has 0 aliphatic rings. The molecule has 1 aromatic carbocycles. The highest BCUT2D eigenvalue weighted by molar-refractivity contribution is 7.09. The highest BCUT2D eigenvalue weighted by atomic mass is 32.1. The first-order valence-corrected chi connectivity index (χ1v) is 5.56. The molecule has 5 heteroatoms. The van der Waals surface area contributed by atoms with Crippen LogP contribution in [0.5, 0.6) is 0 Å². The van der Waals surface area contributed by atoms with Gasteiger partial charge in [0.1, 0.15) is 5.01 Å². The van der Waals surface area contributed by atoms with Gasteiger partial charge in [-0.3, -0.25) is 0 Å². The van der Waals surface area contributed by atoms with Gasteiger partial charge in [-0.15, -0.1) is 0 Å². The molecule has 0 spiro atoms. The highest BCUT2D eigenvalue weighted by Crippen LogP contribution is 2.20. The van der Waals surface area contributed by atoms with E-state index >= 15 is 0 Å². The van der Waals surface area contributed by atoms with Gasteiger partial charge in [-0.25, -0.2) is 9.78 Å². The lowest BCUT2D eigenvalue weighted by molar-refractivity contribution is 0.0514. The number of hydrogen-bond acceptors (Lipinski definition) is 5. The van der Waals surface area contributed by atoms with E-state index in [4.69, 9.17) is 6.11 Å². The van der Waals surface area contributed by atoms with Gasteiger partial charge in [0.25, 0.3) is 5.82 Å². The molecule has 2 aromatic rings. The normalized spacial score (nSPS) is 10.9. The Bertz CT molecular complexity index is 542. The monoisotopic (exact) mass is 235 g/mol. The molecule has 0 bridgehead atoms. The molecule has 0 aliphatic carbocycles. The van der Waals surface area contributed by atoms with Gasteiger partial charge in [-0.1, -0.05) is 30.3 Å². The van der Waals surface area contributed by atoms with E-state index in [1.54, 1.807) is 25.1 Å². The molecule has 0 aliphatic heterocycles. The number of ether oxygens (including phenoxy) is 1. The van der Waals surface area contributed by atoms with Crippen molar-refractivity contribution >= 4 is 17.5 Å². The van der Waals surface area contributed by atoms with Crippen LogP contribution in [0.15, 0.2) is 30.3 Å². The maximum absolute atomic E-state index is 11.4. The molecule has 0 atom stereocenters. The first-order chi connectivity index (χ1) is 8.22. The van der Waals surface area contributed by atoms with Crippen molar-refractivity contribution in [1.29, 1.82) is 0 Å². The van der Waals surface area contributed by atoms with Gasteiger partial charge in [-0.05, 0) is 18.5 Å². The standard InChI is InChI=1S/C11H10N2O2S/c1-2-15-11(14)9-12-10(16-13-9)8-6-4-3-5-7-8/h3-7H,2H2,1H3/i6D. The van der Waals surface area contributed by atoms with Crippen molar-refractivity contribution in [2.45, 2.75) is 6.92 Å². The number of rotatable bonds is 3. The number of aromatic nitrogens is 2. The van der Waals surface area contributed by atoms with E-state index in [0.29, 0.717) is 23.2 Å². The summed E-state index contributed by atoms with van der Waals surface area (Å²) >= 11 is 1.09. The van der Waals surface area contributed by atoms with Crippen molar-refractivity contribution in [3.05, 3.63) is 36.1 Å². The minimum atomic E-state index is -0.530. The van der Waals surface area contributed by atoms with Crippen LogP contribution in [0, 0.1) is 0 Å². The third-order valence-electron chi connectivity index (χ3n) is 1.82. The second kappa shape index (κ2) is 4.85. The van der Waals surface area contributed by atoms with E-state index in [9.17, 15) is 4.79 Å². The van der Waals surface area contributed by atoms with Crippen LogP contribution in [-0.4, -0.2) is 21.9 Å². The molecular weight excluding hydrogens is 224 g/mol. The molecule has 0 saturated carbocycles. The number of carbonyl (C=O) groups excluding carboxylic acids is 1. The van der Waals surface area contributed by atoms with Crippen LogP contribution >= 0.6 is 11.5 Å². The average Bonchev–Trinajstić information content (AvgIpc) is 2.79. The molecule has 0 fully saturated rings. The van der Waals surface area contributed by atoms with Gasteiger partial charge >= 0.3 is 5.97 Å². The van der Waals surface area contributed by atoms with E-state index in [-0.39, 0.29) is 5.82 Å². The predicted molar refractivity (Wildman–Crippen MR) is 61.3 cm³/mol. The van der Waals surface area contributed by atoms with Gasteiger partial charge in [0.15, 0.2) is 0 Å². The smallest absolute Gasteiger partial charge is 0.377 e. The first kappa shape index (κ1) is 9.47. The lowest BCUT2D eigenvalue weighted by atomic mass is 10.2. The molecule has 1 heterocycles. The van der Waals surface area contributed by atoms with Crippen molar-refractivity contribution in [2.75, 3.05) is 6.61 Å². The number of carbonyl (C=O) groups is 1. The topological polar surface area (TPSA) is 52.1 Å². The summed E-state index contributed by atoms with van der Waals surface area (Å²) in [7, 11) is 0. The van der Waals surface area contributed by atoms with E-state index in [1.165, 1.54) is 0 Å². The Balaban J connectivity index is 2.30. The second-order valence-electron chi connectivity index (χ2n) is 2.92. The molecule has 0 amide bonds. The number of esters is 1. The number of nitrogens with zero attached hydrogens (tertiary/aromatic N) is 2. The molecular formula is C11H10N2O2S. The lowest BCUT2D eigenvalue weighted by Gasteiger charge is -1.95. The van der Waals surface area contributed by atoms with E-state index in [1.807, 2.05) is 6.07 Å². The molecule has 4 nitrogen and oxygen atoms in total. The summed E-state index contributed by atoms with van der Waals surface area (Å²) in [5.41, 5.74) is 0.667. The van der Waals surface area contributed by atoms with Crippen LogP contribution in [0.25, 0.3) is 10.6 Å². The van der Waals surface area contributed by atoms with Gasteiger partial charge < -0.3 is 4.74 Å². The third kappa shape index (κ3) is 2.25.